The van der Waals surface area contributed by atoms with Gasteiger partial charge >= 0.3 is 0 Å². The third-order valence-corrected chi connectivity index (χ3v) is 4.89. The molecule has 1 aromatic carbocycles. The average Bonchev–Trinajstić information content (AvgIpc) is 2.64. The lowest BCUT2D eigenvalue weighted by atomic mass is 10.0. The molecule has 0 saturated heterocycles. The van der Waals surface area contributed by atoms with E-state index in [9.17, 15) is 12.8 Å². The molecule has 1 aliphatic rings. The van der Waals surface area contributed by atoms with Crippen LogP contribution < -0.4 is 4.72 Å². The fourth-order valence-electron chi connectivity index (χ4n) is 2.30. The molecule has 1 aromatic rings. The van der Waals surface area contributed by atoms with E-state index in [-0.39, 0.29) is 4.90 Å². The van der Waals surface area contributed by atoms with Crippen LogP contribution in [-0.2, 0) is 10.0 Å². The summed E-state index contributed by atoms with van der Waals surface area (Å²) < 4.78 is 40.2. The maximum absolute atomic E-state index is 13.5. The van der Waals surface area contributed by atoms with Crippen molar-refractivity contribution in [2.24, 2.45) is 0 Å². The van der Waals surface area contributed by atoms with Crippen molar-refractivity contribution in [2.75, 3.05) is 0 Å². The first-order valence-electron chi connectivity index (χ1n) is 5.72. The second-order valence-corrected chi connectivity index (χ2v) is 6.45. The third-order valence-electron chi connectivity index (χ3n) is 3.21. The van der Waals surface area contributed by atoms with Gasteiger partial charge in [-0.3, -0.25) is 0 Å². The van der Waals surface area contributed by atoms with E-state index in [0.29, 0.717) is 0 Å². The fourth-order valence-corrected chi connectivity index (χ4v) is 3.84. The van der Waals surface area contributed by atoms with Crippen molar-refractivity contribution in [3.8, 4) is 0 Å². The van der Waals surface area contributed by atoms with E-state index in [0.717, 1.165) is 31.7 Å². The lowest BCUT2D eigenvalue weighted by Gasteiger charge is -2.24. The SMILES string of the molecule is CC1(NS(=O)(=O)c2ccccc2F)CCCC1. The Balaban J connectivity index is 2.28. The van der Waals surface area contributed by atoms with Crippen LogP contribution in [0.1, 0.15) is 32.6 Å². The standard InChI is InChI=1S/C12H16FNO2S/c1-12(8-4-5-9-12)14-17(15,16)11-7-3-2-6-10(11)13/h2-3,6-7,14H,4-5,8-9H2,1H3. The molecular formula is C12H16FNO2S. The van der Waals surface area contributed by atoms with Crippen LogP contribution in [0.4, 0.5) is 4.39 Å². The lowest BCUT2D eigenvalue weighted by Crippen LogP contribution is -2.43. The predicted molar refractivity (Wildman–Crippen MR) is 63.6 cm³/mol. The van der Waals surface area contributed by atoms with Gasteiger partial charge in [-0.15, -0.1) is 0 Å². The van der Waals surface area contributed by atoms with Gasteiger partial charge < -0.3 is 0 Å². The largest absolute Gasteiger partial charge is 0.243 e. The highest BCUT2D eigenvalue weighted by Gasteiger charge is 2.34. The summed E-state index contributed by atoms with van der Waals surface area (Å²) in [4.78, 5) is -0.270. The van der Waals surface area contributed by atoms with Crippen LogP contribution in [0.15, 0.2) is 29.2 Å². The molecule has 2 rings (SSSR count). The Bertz CT molecular complexity index is 507. The van der Waals surface area contributed by atoms with Gasteiger partial charge in [0.1, 0.15) is 10.7 Å². The molecular weight excluding hydrogens is 241 g/mol. The lowest BCUT2D eigenvalue weighted by molar-refractivity contribution is 0.425. The summed E-state index contributed by atoms with van der Waals surface area (Å²) in [6.07, 6.45) is 3.63. The number of hydrogen-bond donors (Lipinski definition) is 1. The highest BCUT2D eigenvalue weighted by molar-refractivity contribution is 7.89. The van der Waals surface area contributed by atoms with Crippen molar-refractivity contribution < 1.29 is 12.8 Å². The zero-order chi connectivity index (χ0) is 12.5. The monoisotopic (exact) mass is 257 g/mol. The van der Waals surface area contributed by atoms with Gasteiger partial charge in [0.05, 0.1) is 0 Å². The average molecular weight is 257 g/mol. The van der Waals surface area contributed by atoms with Gasteiger partial charge in [-0.05, 0) is 31.9 Å². The molecule has 5 heteroatoms. The Kier molecular flexibility index (Phi) is 3.23. The van der Waals surface area contributed by atoms with Gasteiger partial charge in [0.2, 0.25) is 10.0 Å². The number of nitrogens with one attached hydrogen (secondary N) is 1. The van der Waals surface area contributed by atoms with Crippen LogP contribution in [0.5, 0.6) is 0 Å². The molecule has 17 heavy (non-hydrogen) atoms. The highest BCUT2D eigenvalue weighted by atomic mass is 32.2. The van der Waals surface area contributed by atoms with Crippen molar-refractivity contribution in [2.45, 2.75) is 43.0 Å². The minimum absolute atomic E-state index is 0.270. The van der Waals surface area contributed by atoms with Crippen molar-refractivity contribution in [3.63, 3.8) is 0 Å². The van der Waals surface area contributed by atoms with Crippen LogP contribution in [0.3, 0.4) is 0 Å². The minimum Gasteiger partial charge on any atom is -0.207 e. The van der Waals surface area contributed by atoms with E-state index in [2.05, 4.69) is 4.72 Å². The summed E-state index contributed by atoms with van der Waals surface area (Å²) in [5.41, 5.74) is -0.429. The van der Waals surface area contributed by atoms with Crippen molar-refractivity contribution >= 4 is 10.0 Å². The molecule has 1 saturated carbocycles. The molecule has 94 valence electrons. The Morgan fingerprint density at radius 2 is 1.82 bits per heavy atom. The number of benzene rings is 1. The molecule has 0 atom stereocenters. The fraction of sp³-hybridized carbons (Fsp3) is 0.500. The Morgan fingerprint density at radius 1 is 1.24 bits per heavy atom. The van der Waals surface area contributed by atoms with Crippen LogP contribution in [0.25, 0.3) is 0 Å². The van der Waals surface area contributed by atoms with E-state index < -0.39 is 21.4 Å². The van der Waals surface area contributed by atoms with Crippen molar-refractivity contribution in [3.05, 3.63) is 30.1 Å². The number of hydrogen-bond acceptors (Lipinski definition) is 2. The summed E-state index contributed by atoms with van der Waals surface area (Å²) in [6, 6.07) is 5.45. The second-order valence-electron chi connectivity index (χ2n) is 4.80. The maximum atomic E-state index is 13.5. The molecule has 1 N–H and O–H groups in total. The summed E-state index contributed by atoms with van der Waals surface area (Å²) in [6.45, 7) is 1.87. The van der Waals surface area contributed by atoms with Gasteiger partial charge in [0.25, 0.3) is 0 Å². The molecule has 3 nitrogen and oxygen atoms in total. The Morgan fingerprint density at radius 3 is 2.41 bits per heavy atom. The number of halogens is 1. The Labute approximate surface area is 101 Å². The first kappa shape index (κ1) is 12.5. The van der Waals surface area contributed by atoms with E-state index >= 15 is 0 Å². The zero-order valence-electron chi connectivity index (χ0n) is 9.74. The summed E-state index contributed by atoms with van der Waals surface area (Å²) in [7, 11) is -3.76. The van der Waals surface area contributed by atoms with Crippen LogP contribution >= 0.6 is 0 Å². The van der Waals surface area contributed by atoms with Gasteiger partial charge in [-0.1, -0.05) is 25.0 Å². The smallest absolute Gasteiger partial charge is 0.207 e. The van der Waals surface area contributed by atoms with E-state index in [1.165, 1.54) is 18.2 Å². The van der Waals surface area contributed by atoms with Gasteiger partial charge in [-0.25, -0.2) is 17.5 Å². The number of sulfonamides is 1. The molecule has 1 aliphatic carbocycles. The molecule has 0 aliphatic heterocycles. The summed E-state index contributed by atoms with van der Waals surface area (Å²) in [5, 5.41) is 0. The summed E-state index contributed by atoms with van der Waals surface area (Å²) >= 11 is 0. The molecule has 0 radical (unpaired) electrons. The second kappa shape index (κ2) is 4.38. The van der Waals surface area contributed by atoms with Crippen molar-refractivity contribution in [1.82, 2.24) is 4.72 Å². The van der Waals surface area contributed by atoms with Gasteiger partial charge in [0.15, 0.2) is 0 Å². The van der Waals surface area contributed by atoms with E-state index in [1.54, 1.807) is 0 Å². The molecule has 1 fully saturated rings. The van der Waals surface area contributed by atoms with Gasteiger partial charge in [0, 0.05) is 5.54 Å². The third kappa shape index (κ3) is 2.66. The number of rotatable bonds is 3. The summed E-state index contributed by atoms with van der Waals surface area (Å²) in [5.74, 6) is -0.707. The van der Waals surface area contributed by atoms with E-state index in [1.807, 2.05) is 6.92 Å². The topological polar surface area (TPSA) is 46.2 Å². The first-order valence-corrected chi connectivity index (χ1v) is 7.20. The predicted octanol–water partition coefficient (Wildman–Crippen LogP) is 2.44. The highest BCUT2D eigenvalue weighted by Crippen LogP contribution is 2.30. The van der Waals surface area contributed by atoms with Gasteiger partial charge in [-0.2, -0.15) is 0 Å². The molecule has 0 heterocycles. The molecule has 0 amide bonds. The normalized spacial score (nSPS) is 19.4. The first-order chi connectivity index (χ1) is 7.93. The molecule has 0 unspecified atom stereocenters. The minimum atomic E-state index is -3.76. The zero-order valence-corrected chi connectivity index (χ0v) is 10.6. The molecule has 0 bridgehead atoms. The van der Waals surface area contributed by atoms with Crippen LogP contribution in [-0.4, -0.2) is 14.0 Å². The molecule has 0 spiro atoms. The maximum Gasteiger partial charge on any atom is 0.243 e. The Hall–Kier alpha value is -0.940. The van der Waals surface area contributed by atoms with Crippen LogP contribution in [0.2, 0.25) is 0 Å². The quantitative estimate of drug-likeness (QED) is 0.904. The van der Waals surface area contributed by atoms with Crippen LogP contribution in [0, 0.1) is 5.82 Å². The van der Waals surface area contributed by atoms with Crippen molar-refractivity contribution in [1.29, 1.82) is 0 Å². The van der Waals surface area contributed by atoms with E-state index in [4.69, 9.17) is 0 Å². The molecule has 0 aromatic heterocycles.